The second-order valence-electron chi connectivity index (χ2n) is 4.27. The van der Waals surface area contributed by atoms with Crippen LogP contribution in [0.25, 0.3) is 0 Å². The molecule has 0 aromatic heterocycles. The summed E-state index contributed by atoms with van der Waals surface area (Å²) >= 11 is 3.47. The van der Waals surface area contributed by atoms with Crippen molar-refractivity contribution in [3.8, 4) is 0 Å². The Kier molecular flexibility index (Phi) is 3.14. The molecule has 1 fully saturated rings. The van der Waals surface area contributed by atoms with Crippen LogP contribution in [-0.4, -0.2) is 19.0 Å². The van der Waals surface area contributed by atoms with E-state index in [4.69, 9.17) is 9.47 Å². The molecule has 2 rings (SSSR count). The first-order chi connectivity index (χ1) is 7.07. The average molecular weight is 271 g/mol. The van der Waals surface area contributed by atoms with E-state index >= 15 is 0 Å². The summed E-state index contributed by atoms with van der Waals surface area (Å²) < 4.78 is 12.4. The first-order valence-electron chi connectivity index (χ1n) is 5.10. The normalized spacial score (nSPS) is 21.5. The lowest BCUT2D eigenvalue weighted by Crippen LogP contribution is -2.38. The van der Waals surface area contributed by atoms with Crippen LogP contribution in [0, 0.1) is 0 Å². The van der Waals surface area contributed by atoms with Crippen molar-refractivity contribution in [3.63, 3.8) is 0 Å². The summed E-state index contributed by atoms with van der Waals surface area (Å²) in [7, 11) is 0. The van der Waals surface area contributed by atoms with Crippen molar-refractivity contribution in [2.45, 2.75) is 25.6 Å². The zero-order valence-corrected chi connectivity index (χ0v) is 10.6. The number of hydrogen-bond donors (Lipinski definition) is 0. The lowest BCUT2D eigenvalue weighted by atomic mass is 10.00. The summed E-state index contributed by atoms with van der Waals surface area (Å²) in [5.74, 6) is -0.0850. The topological polar surface area (TPSA) is 18.5 Å². The van der Waals surface area contributed by atoms with Gasteiger partial charge in [-0.05, 0) is 31.5 Å². The van der Waals surface area contributed by atoms with Gasteiger partial charge >= 0.3 is 0 Å². The van der Waals surface area contributed by atoms with Crippen molar-refractivity contribution in [3.05, 3.63) is 34.3 Å². The van der Waals surface area contributed by atoms with Gasteiger partial charge in [-0.3, -0.25) is 0 Å². The van der Waals surface area contributed by atoms with Gasteiger partial charge in [-0.2, -0.15) is 0 Å². The summed E-state index contributed by atoms with van der Waals surface area (Å²) in [6.45, 7) is 5.35. The monoisotopic (exact) mass is 270 g/mol. The second kappa shape index (κ2) is 4.24. The van der Waals surface area contributed by atoms with E-state index in [9.17, 15) is 0 Å². The third-order valence-corrected chi connectivity index (χ3v) is 3.08. The molecule has 0 amide bonds. The van der Waals surface area contributed by atoms with Gasteiger partial charge in [0, 0.05) is 10.4 Å². The molecule has 1 aliphatic rings. The third-order valence-electron chi connectivity index (χ3n) is 2.58. The number of halogens is 1. The molecule has 0 radical (unpaired) electrons. The Labute approximate surface area is 98.7 Å². The van der Waals surface area contributed by atoms with Crippen molar-refractivity contribution in [1.29, 1.82) is 0 Å². The molecule has 3 heteroatoms. The Hall–Kier alpha value is -0.380. The Morgan fingerprint density at radius 2 is 1.93 bits per heavy atom. The molecule has 82 valence electrons. The molecule has 0 N–H and O–H groups in total. The molecule has 0 spiro atoms. The van der Waals surface area contributed by atoms with E-state index in [2.05, 4.69) is 28.1 Å². The van der Waals surface area contributed by atoms with Crippen LogP contribution in [-0.2, 0) is 9.47 Å². The van der Waals surface area contributed by atoms with Crippen molar-refractivity contribution in [2.24, 2.45) is 0 Å². The van der Waals surface area contributed by atoms with E-state index in [0.29, 0.717) is 5.92 Å². The molecule has 0 aliphatic carbocycles. The van der Waals surface area contributed by atoms with Crippen molar-refractivity contribution < 1.29 is 9.47 Å². The van der Waals surface area contributed by atoms with E-state index in [1.54, 1.807) is 0 Å². The lowest BCUT2D eigenvalue weighted by Gasteiger charge is -2.35. The summed E-state index contributed by atoms with van der Waals surface area (Å²) in [6.07, 6.45) is 0. The van der Waals surface area contributed by atoms with Gasteiger partial charge < -0.3 is 9.47 Å². The SMILES string of the molecule is CC1(C)OCC(c2cccc(Br)c2)CO1. The zero-order valence-electron chi connectivity index (χ0n) is 9.00. The van der Waals surface area contributed by atoms with Crippen LogP contribution < -0.4 is 0 Å². The zero-order chi connectivity index (χ0) is 10.9. The van der Waals surface area contributed by atoms with Crippen LogP contribution in [0.1, 0.15) is 25.3 Å². The van der Waals surface area contributed by atoms with Crippen LogP contribution in [0.4, 0.5) is 0 Å². The van der Waals surface area contributed by atoms with Gasteiger partial charge in [-0.1, -0.05) is 28.1 Å². The van der Waals surface area contributed by atoms with Gasteiger partial charge in [0.15, 0.2) is 5.79 Å². The molecule has 0 saturated carbocycles. The number of ether oxygens (including phenoxy) is 2. The summed E-state index contributed by atoms with van der Waals surface area (Å²) in [5, 5.41) is 0. The quantitative estimate of drug-likeness (QED) is 0.780. The smallest absolute Gasteiger partial charge is 0.162 e. The maximum atomic E-state index is 5.63. The number of rotatable bonds is 1. The van der Waals surface area contributed by atoms with Crippen LogP contribution in [0.15, 0.2) is 28.7 Å². The van der Waals surface area contributed by atoms with Gasteiger partial charge in [0.1, 0.15) is 0 Å². The maximum Gasteiger partial charge on any atom is 0.162 e. The first-order valence-corrected chi connectivity index (χ1v) is 5.89. The van der Waals surface area contributed by atoms with Crippen molar-refractivity contribution in [2.75, 3.05) is 13.2 Å². The first kappa shape index (κ1) is 11.1. The molecule has 1 heterocycles. The van der Waals surface area contributed by atoms with Crippen LogP contribution >= 0.6 is 15.9 Å². The molecule has 1 aromatic rings. The van der Waals surface area contributed by atoms with E-state index in [-0.39, 0.29) is 0 Å². The molecular formula is C12H15BrO2. The lowest BCUT2D eigenvalue weighted by molar-refractivity contribution is -0.251. The molecule has 1 aliphatic heterocycles. The summed E-state index contributed by atoms with van der Waals surface area (Å²) in [5.41, 5.74) is 1.26. The highest BCUT2D eigenvalue weighted by molar-refractivity contribution is 9.10. The Bertz CT molecular complexity index is 339. The van der Waals surface area contributed by atoms with Gasteiger partial charge in [0.25, 0.3) is 0 Å². The van der Waals surface area contributed by atoms with Crippen LogP contribution in [0.2, 0.25) is 0 Å². The predicted octanol–water partition coefficient (Wildman–Crippen LogP) is 3.32. The summed E-state index contributed by atoms with van der Waals surface area (Å²) in [4.78, 5) is 0. The van der Waals surface area contributed by atoms with E-state index in [0.717, 1.165) is 17.7 Å². The fourth-order valence-electron chi connectivity index (χ4n) is 1.65. The molecule has 1 aromatic carbocycles. The minimum atomic E-state index is -0.428. The third kappa shape index (κ3) is 2.80. The highest BCUT2D eigenvalue weighted by Gasteiger charge is 2.28. The van der Waals surface area contributed by atoms with Crippen molar-refractivity contribution in [1.82, 2.24) is 0 Å². The fourth-order valence-corrected chi connectivity index (χ4v) is 2.06. The fraction of sp³-hybridized carbons (Fsp3) is 0.500. The molecule has 1 saturated heterocycles. The van der Waals surface area contributed by atoms with Crippen LogP contribution in [0.5, 0.6) is 0 Å². The molecule has 0 bridgehead atoms. The Balaban J connectivity index is 2.08. The van der Waals surface area contributed by atoms with Gasteiger partial charge in [-0.15, -0.1) is 0 Å². The van der Waals surface area contributed by atoms with E-state index < -0.39 is 5.79 Å². The highest BCUT2D eigenvalue weighted by atomic mass is 79.9. The van der Waals surface area contributed by atoms with E-state index in [1.165, 1.54) is 5.56 Å². The van der Waals surface area contributed by atoms with E-state index in [1.807, 2.05) is 26.0 Å². The molecule has 2 nitrogen and oxygen atoms in total. The van der Waals surface area contributed by atoms with Gasteiger partial charge in [0.05, 0.1) is 13.2 Å². The molecule has 0 unspecified atom stereocenters. The summed E-state index contributed by atoms with van der Waals surface area (Å²) in [6, 6.07) is 8.30. The van der Waals surface area contributed by atoms with Gasteiger partial charge in [0.2, 0.25) is 0 Å². The number of hydrogen-bond acceptors (Lipinski definition) is 2. The molecule has 0 atom stereocenters. The average Bonchev–Trinajstić information content (AvgIpc) is 2.17. The number of benzene rings is 1. The minimum absolute atomic E-state index is 0.343. The van der Waals surface area contributed by atoms with Gasteiger partial charge in [-0.25, -0.2) is 0 Å². The maximum absolute atomic E-state index is 5.63. The minimum Gasteiger partial charge on any atom is -0.350 e. The Morgan fingerprint density at radius 1 is 1.27 bits per heavy atom. The standard InChI is InChI=1S/C12H15BrO2/c1-12(2)14-7-10(8-15-12)9-4-3-5-11(13)6-9/h3-6,10H,7-8H2,1-2H3. The largest absolute Gasteiger partial charge is 0.350 e. The highest BCUT2D eigenvalue weighted by Crippen LogP contribution is 2.28. The predicted molar refractivity (Wildman–Crippen MR) is 62.9 cm³/mol. The molecule has 15 heavy (non-hydrogen) atoms. The van der Waals surface area contributed by atoms with Crippen molar-refractivity contribution >= 4 is 15.9 Å². The Morgan fingerprint density at radius 3 is 2.53 bits per heavy atom. The molecular weight excluding hydrogens is 256 g/mol. The van der Waals surface area contributed by atoms with Crippen LogP contribution in [0.3, 0.4) is 0 Å². The second-order valence-corrected chi connectivity index (χ2v) is 5.19.